The number of fused-ring (bicyclic) bond motifs is 1. The van der Waals surface area contributed by atoms with E-state index < -0.39 is 27.6 Å². The number of sulfone groups is 1. The van der Waals surface area contributed by atoms with Gasteiger partial charge in [0.05, 0.1) is 15.8 Å². The van der Waals surface area contributed by atoms with Gasteiger partial charge in [-0.05, 0) is 137 Å². The van der Waals surface area contributed by atoms with Crippen LogP contribution in [0.5, 0.6) is 0 Å². The largest absolute Gasteiger partial charge is 0.371 e. The zero-order valence-electron chi connectivity index (χ0n) is 33.9. The van der Waals surface area contributed by atoms with Gasteiger partial charge in [0.2, 0.25) is 17.8 Å². The molecule has 60 heavy (non-hydrogen) atoms. The van der Waals surface area contributed by atoms with Gasteiger partial charge in [-0.15, -0.1) is 0 Å². The number of aryl methyl sites for hydroxylation is 1. The molecule has 0 radical (unpaired) electrons. The van der Waals surface area contributed by atoms with E-state index in [4.69, 9.17) is 16.6 Å². The molecule has 5 aliphatic rings. The molecule has 3 aliphatic heterocycles. The van der Waals surface area contributed by atoms with E-state index in [0.29, 0.717) is 52.7 Å². The van der Waals surface area contributed by atoms with E-state index in [0.717, 1.165) is 95.3 Å². The Morgan fingerprint density at radius 2 is 1.67 bits per heavy atom. The van der Waals surface area contributed by atoms with E-state index in [2.05, 4.69) is 30.7 Å². The average molecular weight is 859 g/mol. The number of hydrogen-bond acceptors (Lipinski definition) is 11. The summed E-state index contributed by atoms with van der Waals surface area (Å²) in [5.41, 5.74) is 2.92. The van der Waals surface area contributed by atoms with E-state index >= 15 is 4.39 Å². The fourth-order valence-corrected chi connectivity index (χ4v) is 12.6. The van der Waals surface area contributed by atoms with Crippen LogP contribution in [-0.4, -0.2) is 83.7 Å². The molecule has 4 aromatic rings. The number of anilines is 4. The standard InChI is InChI=1S/C44H52ClFN8O5S/c1-27-20-32(7-9-36(27)49-43-47-25-29-21-34(45)42(57)54(40(29)51-43)30-4-2-3-5-30)60(58,59)33-23-44(24-33)14-18-52(19-15-44)26-28-12-16-53(17-13-28)31-6-8-37(35(46)22-31)48-38-10-11-39(55)50-41(38)56/h6-9,20-22,25,28,30,33,38,48H,2-5,10-19,23-24,26H2,1H3,(H,47,49,51)(H,50,55,56). The lowest BCUT2D eigenvalue weighted by molar-refractivity contribution is -0.133. The molecule has 2 amide bonds. The number of piperidine rings is 3. The summed E-state index contributed by atoms with van der Waals surface area (Å²) < 4.78 is 44.5. The van der Waals surface area contributed by atoms with Crippen LogP contribution in [0.3, 0.4) is 0 Å². The molecule has 5 heterocycles. The van der Waals surface area contributed by atoms with E-state index in [1.54, 1.807) is 41.1 Å². The number of amides is 2. The van der Waals surface area contributed by atoms with Crippen molar-refractivity contribution in [2.75, 3.05) is 48.3 Å². The van der Waals surface area contributed by atoms with E-state index in [9.17, 15) is 22.8 Å². The van der Waals surface area contributed by atoms with Crippen LogP contribution in [0.2, 0.25) is 5.02 Å². The van der Waals surface area contributed by atoms with Crippen molar-refractivity contribution >= 4 is 67.3 Å². The Kier molecular flexibility index (Phi) is 11.1. The molecule has 2 aromatic carbocycles. The summed E-state index contributed by atoms with van der Waals surface area (Å²) in [6, 6.07) is 11.3. The van der Waals surface area contributed by atoms with Gasteiger partial charge in [-0.25, -0.2) is 17.8 Å². The second-order valence-corrected chi connectivity index (χ2v) is 20.4. The summed E-state index contributed by atoms with van der Waals surface area (Å²) in [6.45, 7) is 6.52. The molecule has 5 fully saturated rings. The summed E-state index contributed by atoms with van der Waals surface area (Å²) in [5, 5.41) is 8.96. The minimum Gasteiger partial charge on any atom is -0.371 e. The van der Waals surface area contributed by atoms with Gasteiger partial charge in [-0.3, -0.25) is 24.3 Å². The van der Waals surface area contributed by atoms with Gasteiger partial charge in [0, 0.05) is 55.1 Å². The Hall–Kier alpha value is -4.60. The number of carbonyl (C=O) groups excluding carboxylic acids is 2. The van der Waals surface area contributed by atoms with Gasteiger partial charge in [0.15, 0.2) is 9.84 Å². The van der Waals surface area contributed by atoms with Crippen LogP contribution in [-0.2, 0) is 19.4 Å². The predicted molar refractivity (Wildman–Crippen MR) is 230 cm³/mol. The normalized spacial score (nSPS) is 22.0. The lowest BCUT2D eigenvalue weighted by atomic mass is 9.63. The number of halogens is 2. The molecule has 3 saturated heterocycles. The van der Waals surface area contributed by atoms with Crippen LogP contribution in [0, 0.1) is 24.1 Å². The van der Waals surface area contributed by atoms with Gasteiger partial charge in [0.25, 0.3) is 5.56 Å². The zero-order chi connectivity index (χ0) is 41.8. The van der Waals surface area contributed by atoms with Crippen molar-refractivity contribution in [2.45, 2.75) is 106 Å². The fourth-order valence-electron chi connectivity index (χ4n) is 10.2. The zero-order valence-corrected chi connectivity index (χ0v) is 35.5. The number of nitrogens with one attached hydrogen (secondary N) is 3. The third-order valence-electron chi connectivity index (χ3n) is 13.9. The van der Waals surface area contributed by atoms with Crippen molar-refractivity contribution < 1.29 is 22.4 Å². The molecular formula is C44H52ClFN8O5S. The second-order valence-electron chi connectivity index (χ2n) is 17.8. The molecule has 16 heteroatoms. The maximum Gasteiger partial charge on any atom is 0.271 e. The number of pyridine rings is 1. The molecular weight excluding hydrogens is 807 g/mol. The summed E-state index contributed by atoms with van der Waals surface area (Å²) in [6.07, 6.45) is 11.6. The molecule has 2 aromatic heterocycles. The molecule has 1 unspecified atom stereocenters. The number of nitrogens with zero attached hydrogens (tertiary/aromatic N) is 5. The maximum atomic E-state index is 15.1. The number of aromatic nitrogens is 3. The van der Waals surface area contributed by atoms with Crippen LogP contribution >= 0.6 is 11.6 Å². The van der Waals surface area contributed by atoms with Crippen molar-refractivity contribution in [3.05, 3.63) is 75.4 Å². The van der Waals surface area contributed by atoms with Gasteiger partial charge < -0.3 is 20.4 Å². The van der Waals surface area contributed by atoms with Crippen molar-refractivity contribution in [1.82, 2.24) is 24.8 Å². The van der Waals surface area contributed by atoms with Crippen LogP contribution in [0.15, 0.2) is 58.4 Å². The topological polar surface area (TPSA) is 159 Å². The summed E-state index contributed by atoms with van der Waals surface area (Å²) >= 11 is 6.30. The monoisotopic (exact) mass is 858 g/mol. The number of likely N-dealkylation sites (tertiary alicyclic amines) is 1. The highest BCUT2D eigenvalue weighted by Crippen LogP contribution is 2.53. The van der Waals surface area contributed by atoms with Gasteiger partial charge in [0.1, 0.15) is 22.5 Å². The third kappa shape index (κ3) is 8.12. The van der Waals surface area contributed by atoms with E-state index in [1.165, 1.54) is 6.07 Å². The Balaban J connectivity index is 0.750. The Morgan fingerprint density at radius 3 is 2.37 bits per heavy atom. The summed E-state index contributed by atoms with van der Waals surface area (Å²) in [5.74, 6) is -0.266. The van der Waals surface area contributed by atoms with Crippen LogP contribution in [0.1, 0.15) is 88.7 Å². The molecule has 13 nitrogen and oxygen atoms in total. The van der Waals surface area contributed by atoms with Crippen molar-refractivity contribution in [3.8, 4) is 0 Å². The van der Waals surface area contributed by atoms with Crippen molar-refractivity contribution in [1.29, 1.82) is 0 Å². The number of carbonyl (C=O) groups is 2. The van der Waals surface area contributed by atoms with Crippen LogP contribution < -0.4 is 26.4 Å². The summed E-state index contributed by atoms with van der Waals surface area (Å²) in [7, 11) is -3.50. The van der Waals surface area contributed by atoms with Gasteiger partial charge in [-0.1, -0.05) is 24.4 Å². The van der Waals surface area contributed by atoms with Crippen LogP contribution in [0.25, 0.3) is 11.0 Å². The predicted octanol–water partition coefficient (Wildman–Crippen LogP) is 6.90. The molecule has 1 atom stereocenters. The number of hydrogen-bond donors (Lipinski definition) is 3. The third-order valence-corrected chi connectivity index (χ3v) is 16.3. The highest BCUT2D eigenvalue weighted by molar-refractivity contribution is 7.92. The molecule has 0 bridgehead atoms. The van der Waals surface area contributed by atoms with E-state index in [-0.39, 0.29) is 45.3 Å². The Labute approximate surface area is 354 Å². The Bertz CT molecular complexity index is 2490. The SMILES string of the molecule is Cc1cc(S(=O)(=O)C2CC3(CCN(CC4CCN(c5ccc(NC6CCC(=O)NC6=O)c(F)c5)CC4)CC3)C2)ccc1Nc1ncc2cc(Cl)c(=O)n(C3CCCC3)c2n1. The van der Waals surface area contributed by atoms with Crippen LogP contribution in [0.4, 0.5) is 27.4 Å². The highest BCUT2D eigenvalue weighted by Gasteiger charge is 2.51. The first-order valence-corrected chi connectivity index (χ1v) is 23.3. The molecule has 2 saturated carbocycles. The molecule has 1 spiro atoms. The first-order valence-electron chi connectivity index (χ1n) is 21.4. The molecule has 318 valence electrons. The minimum atomic E-state index is -3.50. The first kappa shape index (κ1) is 40.8. The average Bonchev–Trinajstić information content (AvgIpc) is 3.75. The van der Waals surface area contributed by atoms with Crippen molar-refractivity contribution in [3.63, 3.8) is 0 Å². The highest BCUT2D eigenvalue weighted by atomic mass is 35.5. The minimum absolute atomic E-state index is 0.0492. The van der Waals surface area contributed by atoms with E-state index in [1.807, 2.05) is 13.0 Å². The summed E-state index contributed by atoms with van der Waals surface area (Å²) in [4.78, 5) is 50.9. The number of rotatable bonds is 10. The maximum absolute atomic E-state index is 15.1. The molecule has 3 N–H and O–H groups in total. The van der Waals surface area contributed by atoms with Gasteiger partial charge in [-0.2, -0.15) is 4.98 Å². The second kappa shape index (κ2) is 16.4. The molecule has 9 rings (SSSR count). The number of imide groups is 1. The lowest BCUT2D eigenvalue weighted by Gasteiger charge is -2.52. The smallest absolute Gasteiger partial charge is 0.271 e. The quantitative estimate of drug-likeness (QED) is 0.143. The molecule has 2 aliphatic carbocycles. The van der Waals surface area contributed by atoms with Gasteiger partial charge >= 0.3 is 0 Å². The Morgan fingerprint density at radius 1 is 0.933 bits per heavy atom. The van der Waals surface area contributed by atoms with Crippen molar-refractivity contribution in [2.24, 2.45) is 11.3 Å². The number of benzene rings is 2. The lowest BCUT2D eigenvalue weighted by Crippen LogP contribution is -2.52. The fraction of sp³-hybridized carbons (Fsp3) is 0.523. The first-order chi connectivity index (χ1) is 28.8.